The van der Waals surface area contributed by atoms with Crippen molar-refractivity contribution in [3.63, 3.8) is 0 Å². The van der Waals surface area contributed by atoms with Crippen LogP contribution < -0.4 is 14.8 Å². The van der Waals surface area contributed by atoms with Crippen molar-refractivity contribution in [1.29, 1.82) is 0 Å². The fourth-order valence-corrected chi connectivity index (χ4v) is 1.85. The molecule has 0 aromatic heterocycles. The third-order valence-electron chi connectivity index (χ3n) is 2.86. The van der Waals surface area contributed by atoms with Gasteiger partial charge in [0.05, 0.1) is 19.8 Å². The highest BCUT2D eigenvalue weighted by molar-refractivity contribution is 5.46. The lowest BCUT2D eigenvalue weighted by atomic mass is 10.2. The molecule has 7 heteroatoms. The number of benzene rings is 1. The Balaban J connectivity index is 2.69. The van der Waals surface area contributed by atoms with Gasteiger partial charge in [-0.25, -0.2) is 0 Å². The summed E-state index contributed by atoms with van der Waals surface area (Å²) in [5.74, 6) is 0.318. The van der Waals surface area contributed by atoms with E-state index in [9.17, 15) is 8.78 Å². The van der Waals surface area contributed by atoms with Crippen LogP contribution in [0.3, 0.4) is 0 Å². The molecular formula is C14H21F2NO4. The van der Waals surface area contributed by atoms with Crippen LogP contribution in [0.5, 0.6) is 11.5 Å². The van der Waals surface area contributed by atoms with Crippen LogP contribution in [0.25, 0.3) is 0 Å². The standard InChI is InChI=1S/C14H21F2NO4/c1-18-9-11(19-2)8-17-7-10-5-4-6-12(20-3)13(10)21-14(15)16/h4-6,11,14,17H,7-9H2,1-3H3. The molecule has 1 aromatic rings. The molecule has 0 heterocycles. The summed E-state index contributed by atoms with van der Waals surface area (Å²) >= 11 is 0. The van der Waals surface area contributed by atoms with Crippen LogP contribution in [0.4, 0.5) is 8.78 Å². The van der Waals surface area contributed by atoms with Crippen LogP contribution >= 0.6 is 0 Å². The maximum Gasteiger partial charge on any atom is 0.387 e. The summed E-state index contributed by atoms with van der Waals surface area (Å²) in [5.41, 5.74) is 0.585. The predicted molar refractivity (Wildman–Crippen MR) is 74.0 cm³/mol. The lowest BCUT2D eigenvalue weighted by Crippen LogP contribution is -2.31. The van der Waals surface area contributed by atoms with Gasteiger partial charge in [0, 0.05) is 32.9 Å². The second-order valence-electron chi connectivity index (χ2n) is 4.27. The van der Waals surface area contributed by atoms with Gasteiger partial charge in [0.1, 0.15) is 0 Å². The minimum Gasteiger partial charge on any atom is -0.493 e. The first kappa shape index (κ1) is 17.6. The normalized spacial score (nSPS) is 12.5. The molecule has 5 nitrogen and oxygen atoms in total. The first-order chi connectivity index (χ1) is 10.1. The van der Waals surface area contributed by atoms with Crippen molar-refractivity contribution in [1.82, 2.24) is 5.32 Å². The average molecular weight is 305 g/mol. The quantitative estimate of drug-likeness (QED) is 0.717. The van der Waals surface area contributed by atoms with E-state index in [4.69, 9.17) is 14.2 Å². The van der Waals surface area contributed by atoms with Crippen LogP contribution in [-0.4, -0.2) is 47.2 Å². The molecule has 1 aromatic carbocycles. The molecule has 1 atom stereocenters. The second kappa shape index (κ2) is 9.49. The molecule has 0 aliphatic rings. The van der Waals surface area contributed by atoms with E-state index in [0.717, 1.165) is 0 Å². The summed E-state index contributed by atoms with van der Waals surface area (Å²) in [4.78, 5) is 0. The molecule has 0 saturated heterocycles. The minimum absolute atomic E-state index is 0.0446. The Morgan fingerprint density at radius 2 is 1.95 bits per heavy atom. The lowest BCUT2D eigenvalue weighted by Gasteiger charge is -2.17. The third kappa shape index (κ3) is 5.82. The molecule has 21 heavy (non-hydrogen) atoms. The van der Waals surface area contributed by atoms with Gasteiger partial charge in [0.2, 0.25) is 0 Å². The summed E-state index contributed by atoms with van der Waals surface area (Å²) in [6, 6.07) is 4.99. The highest BCUT2D eigenvalue weighted by atomic mass is 19.3. The van der Waals surface area contributed by atoms with Crippen molar-refractivity contribution in [2.24, 2.45) is 0 Å². The maximum atomic E-state index is 12.5. The van der Waals surface area contributed by atoms with Gasteiger partial charge >= 0.3 is 6.61 Å². The van der Waals surface area contributed by atoms with E-state index in [2.05, 4.69) is 10.1 Å². The van der Waals surface area contributed by atoms with Crippen LogP contribution in [0.15, 0.2) is 18.2 Å². The summed E-state index contributed by atoms with van der Waals surface area (Å²) in [6.07, 6.45) is -0.111. The Morgan fingerprint density at radius 1 is 1.19 bits per heavy atom. The maximum absolute atomic E-state index is 12.5. The molecule has 0 aliphatic carbocycles. The van der Waals surface area contributed by atoms with Gasteiger partial charge in [-0.05, 0) is 6.07 Å². The molecule has 1 unspecified atom stereocenters. The Bertz CT molecular complexity index is 418. The zero-order chi connectivity index (χ0) is 15.7. The van der Waals surface area contributed by atoms with Crippen molar-refractivity contribution < 1.29 is 27.7 Å². The number of halogens is 2. The van der Waals surface area contributed by atoms with E-state index in [1.165, 1.54) is 7.11 Å². The Kier molecular flexibility index (Phi) is 7.96. The van der Waals surface area contributed by atoms with E-state index in [1.54, 1.807) is 32.4 Å². The van der Waals surface area contributed by atoms with Crippen LogP contribution in [-0.2, 0) is 16.0 Å². The molecule has 0 aliphatic heterocycles. The molecule has 0 saturated carbocycles. The molecule has 1 N–H and O–H groups in total. The number of alkyl halides is 2. The largest absolute Gasteiger partial charge is 0.493 e. The SMILES string of the molecule is COCC(CNCc1cccc(OC)c1OC(F)F)OC. The van der Waals surface area contributed by atoms with Crippen LogP contribution in [0.1, 0.15) is 5.56 Å². The molecule has 1 rings (SSSR count). The number of ether oxygens (including phenoxy) is 4. The number of hydrogen-bond donors (Lipinski definition) is 1. The first-order valence-electron chi connectivity index (χ1n) is 6.45. The van der Waals surface area contributed by atoms with Crippen molar-refractivity contribution in [3.8, 4) is 11.5 Å². The Labute approximate surface area is 123 Å². The molecule has 0 bridgehead atoms. The molecule has 0 fully saturated rings. The van der Waals surface area contributed by atoms with E-state index in [-0.39, 0.29) is 17.6 Å². The van der Waals surface area contributed by atoms with Crippen molar-refractivity contribution in [2.45, 2.75) is 19.3 Å². The van der Waals surface area contributed by atoms with Gasteiger partial charge in [-0.15, -0.1) is 0 Å². The molecule has 0 amide bonds. The lowest BCUT2D eigenvalue weighted by molar-refractivity contribution is -0.0519. The Hall–Kier alpha value is -1.44. The molecule has 0 radical (unpaired) electrons. The van der Waals surface area contributed by atoms with E-state index in [0.29, 0.717) is 25.3 Å². The molecular weight excluding hydrogens is 284 g/mol. The zero-order valence-corrected chi connectivity index (χ0v) is 12.4. The average Bonchev–Trinajstić information content (AvgIpc) is 2.47. The van der Waals surface area contributed by atoms with E-state index >= 15 is 0 Å². The van der Waals surface area contributed by atoms with E-state index in [1.807, 2.05) is 0 Å². The number of para-hydroxylation sites is 1. The van der Waals surface area contributed by atoms with Crippen LogP contribution in [0, 0.1) is 0 Å². The highest BCUT2D eigenvalue weighted by Crippen LogP contribution is 2.32. The van der Waals surface area contributed by atoms with E-state index < -0.39 is 6.61 Å². The third-order valence-corrected chi connectivity index (χ3v) is 2.86. The van der Waals surface area contributed by atoms with Gasteiger partial charge in [-0.2, -0.15) is 8.78 Å². The van der Waals surface area contributed by atoms with Gasteiger partial charge in [-0.1, -0.05) is 12.1 Å². The molecule has 0 spiro atoms. The van der Waals surface area contributed by atoms with Crippen molar-refractivity contribution in [3.05, 3.63) is 23.8 Å². The topological polar surface area (TPSA) is 49.0 Å². The monoisotopic (exact) mass is 305 g/mol. The van der Waals surface area contributed by atoms with Gasteiger partial charge in [0.25, 0.3) is 0 Å². The fraction of sp³-hybridized carbons (Fsp3) is 0.571. The second-order valence-corrected chi connectivity index (χ2v) is 4.27. The Morgan fingerprint density at radius 3 is 2.52 bits per heavy atom. The summed E-state index contributed by atoms with van der Waals surface area (Å²) in [7, 11) is 4.58. The van der Waals surface area contributed by atoms with Gasteiger partial charge < -0.3 is 24.3 Å². The van der Waals surface area contributed by atoms with Gasteiger partial charge in [-0.3, -0.25) is 0 Å². The predicted octanol–water partition coefficient (Wildman–Crippen LogP) is 2.05. The minimum atomic E-state index is -2.90. The van der Waals surface area contributed by atoms with Gasteiger partial charge in [0.15, 0.2) is 11.5 Å². The zero-order valence-electron chi connectivity index (χ0n) is 12.4. The summed E-state index contributed by atoms with van der Waals surface area (Å²) in [6.45, 7) is -1.58. The summed E-state index contributed by atoms with van der Waals surface area (Å²) in [5, 5.41) is 3.12. The number of nitrogens with one attached hydrogen (secondary N) is 1. The first-order valence-corrected chi connectivity index (χ1v) is 6.45. The van der Waals surface area contributed by atoms with Crippen molar-refractivity contribution >= 4 is 0 Å². The summed E-state index contributed by atoms with van der Waals surface area (Å²) < 4.78 is 44.8. The number of rotatable bonds is 10. The number of hydrogen-bond acceptors (Lipinski definition) is 5. The fourth-order valence-electron chi connectivity index (χ4n) is 1.85. The molecule has 120 valence electrons. The van der Waals surface area contributed by atoms with Crippen molar-refractivity contribution in [2.75, 3.05) is 34.5 Å². The smallest absolute Gasteiger partial charge is 0.387 e. The number of methoxy groups -OCH3 is 3. The highest BCUT2D eigenvalue weighted by Gasteiger charge is 2.15. The van der Waals surface area contributed by atoms with Crippen LogP contribution in [0.2, 0.25) is 0 Å².